The molecule has 1 N–H and O–H groups in total. The van der Waals surface area contributed by atoms with Gasteiger partial charge in [-0.15, -0.1) is 0 Å². The zero-order valence-electron chi connectivity index (χ0n) is 13.4. The Hall–Kier alpha value is -2.01. The Bertz CT molecular complexity index is 670. The summed E-state index contributed by atoms with van der Waals surface area (Å²) in [7, 11) is 1.58. The van der Waals surface area contributed by atoms with Crippen LogP contribution in [0.2, 0.25) is 0 Å². The fourth-order valence-electron chi connectivity index (χ4n) is 2.16. The third-order valence-corrected chi connectivity index (χ3v) is 3.95. The first-order valence-corrected chi connectivity index (χ1v) is 8.11. The molecule has 0 fully saturated rings. The summed E-state index contributed by atoms with van der Waals surface area (Å²) in [6.07, 6.45) is 0. The van der Waals surface area contributed by atoms with E-state index in [1.165, 1.54) is 0 Å². The van der Waals surface area contributed by atoms with Crippen molar-refractivity contribution in [2.24, 2.45) is 0 Å². The number of rotatable bonds is 6. The summed E-state index contributed by atoms with van der Waals surface area (Å²) in [5.41, 5.74) is 2.11. The number of nitrogens with one attached hydrogen (secondary N) is 1. The van der Waals surface area contributed by atoms with E-state index >= 15 is 0 Å². The van der Waals surface area contributed by atoms with Crippen LogP contribution in [0.15, 0.2) is 46.9 Å². The summed E-state index contributed by atoms with van der Waals surface area (Å²) in [6, 6.07) is 13.4. The number of benzene rings is 2. The Morgan fingerprint density at radius 1 is 1.17 bits per heavy atom. The van der Waals surface area contributed by atoms with Crippen LogP contribution in [0.5, 0.6) is 11.5 Å². The van der Waals surface area contributed by atoms with Gasteiger partial charge in [-0.2, -0.15) is 0 Å². The minimum Gasteiger partial charge on any atom is -0.493 e. The van der Waals surface area contributed by atoms with Gasteiger partial charge in [-0.25, -0.2) is 0 Å². The van der Waals surface area contributed by atoms with E-state index in [4.69, 9.17) is 9.47 Å². The molecule has 2 aromatic carbocycles. The van der Waals surface area contributed by atoms with Gasteiger partial charge < -0.3 is 14.8 Å². The summed E-state index contributed by atoms with van der Waals surface area (Å²) < 4.78 is 11.8. The lowest BCUT2D eigenvalue weighted by Crippen LogP contribution is -2.31. The van der Waals surface area contributed by atoms with Crippen molar-refractivity contribution >= 4 is 21.8 Å². The van der Waals surface area contributed by atoms with Crippen LogP contribution in [0.1, 0.15) is 24.1 Å². The third-order valence-electron chi connectivity index (χ3n) is 3.43. The quantitative estimate of drug-likeness (QED) is 0.826. The van der Waals surface area contributed by atoms with Crippen molar-refractivity contribution in [1.29, 1.82) is 0 Å². The first-order chi connectivity index (χ1) is 11.0. The van der Waals surface area contributed by atoms with E-state index in [9.17, 15) is 4.79 Å². The summed E-state index contributed by atoms with van der Waals surface area (Å²) in [5, 5.41) is 2.91. The fourth-order valence-corrected chi connectivity index (χ4v) is 2.42. The van der Waals surface area contributed by atoms with Crippen LogP contribution in [-0.2, 0) is 4.79 Å². The molecular formula is C18H20BrNO3. The number of hydrogen-bond donors (Lipinski definition) is 1. The van der Waals surface area contributed by atoms with Gasteiger partial charge >= 0.3 is 0 Å². The minimum absolute atomic E-state index is 0.0553. The largest absolute Gasteiger partial charge is 0.493 e. The van der Waals surface area contributed by atoms with Crippen LogP contribution in [0.3, 0.4) is 0 Å². The van der Waals surface area contributed by atoms with Crippen molar-refractivity contribution in [2.45, 2.75) is 19.9 Å². The average Bonchev–Trinajstić information content (AvgIpc) is 2.54. The molecule has 1 unspecified atom stereocenters. The smallest absolute Gasteiger partial charge is 0.258 e. The van der Waals surface area contributed by atoms with Gasteiger partial charge in [0.05, 0.1) is 13.2 Å². The van der Waals surface area contributed by atoms with Crippen LogP contribution in [0.4, 0.5) is 0 Å². The second-order valence-corrected chi connectivity index (χ2v) is 6.20. The highest BCUT2D eigenvalue weighted by atomic mass is 79.9. The summed E-state index contributed by atoms with van der Waals surface area (Å²) >= 11 is 3.40. The van der Waals surface area contributed by atoms with E-state index in [0.717, 1.165) is 15.6 Å². The van der Waals surface area contributed by atoms with Gasteiger partial charge in [0.2, 0.25) is 0 Å². The van der Waals surface area contributed by atoms with Gasteiger partial charge in [-0.05, 0) is 49.2 Å². The molecule has 0 aromatic heterocycles. The molecule has 1 atom stereocenters. The first-order valence-electron chi connectivity index (χ1n) is 7.32. The topological polar surface area (TPSA) is 47.6 Å². The maximum atomic E-state index is 12.0. The molecule has 1 amide bonds. The molecule has 0 aliphatic carbocycles. The van der Waals surface area contributed by atoms with E-state index in [0.29, 0.717) is 11.5 Å². The van der Waals surface area contributed by atoms with Crippen LogP contribution >= 0.6 is 15.9 Å². The molecule has 0 spiro atoms. The maximum absolute atomic E-state index is 12.0. The lowest BCUT2D eigenvalue weighted by Gasteiger charge is -2.15. The second-order valence-electron chi connectivity index (χ2n) is 5.28. The molecule has 2 aromatic rings. The predicted molar refractivity (Wildman–Crippen MR) is 93.9 cm³/mol. The van der Waals surface area contributed by atoms with E-state index in [1.54, 1.807) is 13.2 Å². The normalized spacial score (nSPS) is 11.7. The van der Waals surface area contributed by atoms with Crippen molar-refractivity contribution in [3.63, 3.8) is 0 Å². The first kappa shape index (κ1) is 17.3. The molecule has 5 heteroatoms. The summed E-state index contributed by atoms with van der Waals surface area (Å²) in [5.74, 6) is 1.01. The van der Waals surface area contributed by atoms with E-state index in [2.05, 4.69) is 21.2 Å². The number of carbonyl (C=O) groups is 1. The Morgan fingerprint density at radius 3 is 2.52 bits per heavy atom. The van der Waals surface area contributed by atoms with Gasteiger partial charge in [0, 0.05) is 4.47 Å². The standard InChI is InChI=1S/C18H20BrNO3/c1-12-4-9-16(17(10-12)22-3)23-11-18(21)20-13(2)14-5-7-15(19)8-6-14/h4-10,13H,11H2,1-3H3,(H,20,21). The number of amides is 1. The zero-order valence-corrected chi connectivity index (χ0v) is 15.0. The molecule has 0 aliphatic heterocycles. The molecule has 0 radical (unpaired) electrons. The monoisotopic (exact) mass is 377 g/mol. The number of carbonyl (C=O) groups excluding carboxylic acids is 1. The van der Waals surface area contributed by atoms with Crippen LogP contribution in [0.25, 0.3) is 0 Å². The molecule has 0 bridgehead atoms. The van der Waals surface area contributed by atoms with Gasteiger partial charge in [-0.3, -0.25) is 4.79 Å². The van der Waals surface area contributed by atoms with E-state index in [-0.39, 0.29) is 18.6 Å². The van der Waals surface area contributed by atoms with E-state index in [1.807, 2.05) is 50.2 Å². The molecule has 0 saturated heterocycles. The fraction of sp³-hybridized carbons (Fsp3) is 0.278. The lowest BCUT2D eigenvalue weighted by atomic mass is 10.1. The van der Waals surface area contributed by atoms with Crippen molar-refractivity contribution in [2.75, 3.05) is 13.7 Å². The Balaban J connectivity index is 1.91. The molecule has 0 saturated carbocycles. The highest BCUT2D eigenvalue weighted by molar-refractivity contribution is 9.10. The highest BCUT2D eigenvalue weighted by Crippen LogP contribution is 2.27. The molecule has 0 heterocycles. The molecule has 0 aliphatic rings. The number of aryl methyl sites for hydroxylation is 1. The Labute approximate surface area is 144 Å². The maximum Gasteiger partial charge on any atom is 0.258 e. The molecule has 122 valence electrons. The van der Waals surface area contributed by atoms with Crippen LogP contribution in [0, 0.1) is 6.92 Å². The van der Waals surface area contributed by atoms with Crippen molar-refractivity contribution in [3.8, 4) is 11.5 Å². The van der Waals surface area contributed by atoms with Crippen molar-refractivity contribution < 1.29 is 14.3 Å². The second kappa shape index (κ2) is 8.02. The Morgan fingerprint density at radius 2 is 1.87 bits per heavy atom. The number of methoxy groups -OCH3 is 1. The number of halogens is 1. The summed E-state index contributed by atoms with van der Waals surface area (Å²) in [4.78, 5) is 12.0. The van der Waals surface area contributed by atoms with Gasteiger partial charge in [0.1, 0.15) is 0 Å². The summed E-state index contributed by atoms with van der Waals surface area (Å²) in [6.45, 7) is 3.85. The number of ether oxygens (including phenoxy) is 2. The third kappa shape index (κ3) is 4.99. The number of hydrogen-bond acceptors (Lipinski definition) is 3. The predicted octanol–water partition coefficient (Wildman–Crippen LogP) is 4.02. The van der Waals surface area contributed by atoms with Crippen molar-refractivity contribution in [1.82, 2.24) is 5.32 Å². The van der Waals surface area contributed by atoms with Gasteiger partial charge in [0.25, 0.3) is 5.91 Å². The molecule has 2 rings (SSSR count). The highest BCUT2D eigenvalue weighted by Gasteiger charge is 2.11. The Kier molecular flexibility index (Phi) is 6.04. The van der Waals surface area contributed by atoms with E-state index < -0.39 is 0 Å². The van der Waals surface area contributed by atoms with Crippen LogP contribution < -0.4 is 14.8 Å². The minimum atomic E-state index is -0.178. The van der Waals surface area contributed by atoms with Crippen molar-refractivity contribution in [3.05, 3.63) is 58.1 Å². The molecule has 4 nitrogen and oxygen atoms in total. The van der Waals surface area contributed by atoms with Crippen LogP contribution in [-0.4, -0.2) is 19.6 Å². The average molecular weight is 378 g/mol. The van der Waals surface area contributed by atoms with Gasteiger partial charge in [-0.1, -0.05) is 34.1 Å². The molecular weight excluding hydrogens is 358 g/mol. The zero-order chi connectivity index (χ0) is 16.8. The van der Waals surface area contributed by atoms with Gasteiger partial charge in [0.15, 0.2) is 18.1 Å². The lowest BCUT2D eigenvalue weighted by molar-refractivity contribution is -0.123. The molecule has 23 heavy (non-hydrogen) atoms. The SMILES string of the molecule is COc1cc(C)ccc1OCC(=O)NC(C)c1ccc(Br)cc1.